The van der Waals surface area contributed by atoms with Gasteiger partial charge in [0, 0.05) is 19.0 Å². The number of nitrogens with one attached hydrogen (secondary N) is 3. The van der Waals surface area contributed by atoms with E-state index in [0.29, 0.717) is 13.0 Å². The highest BCUT2D eigenvalue weighted by Crippen LogP contribution is 2.24. The van der Waals surface area contributed by atoms with Crippen molar-refractivity contribution in [3.05, 3.63) is 46.4 Å². The number of fused-ring (bicyclic) bond motifs is 1. The van der Waals surface area contributed by atoms with Crippen molar-refractivity contribution in [1.82, 2.24) is 20.0 Å². The van der Waals surface area contributed by atoms with Crippen LogP contribution in [0.15, 0.2) is 40.6 Å². The number of carbonyl (C=O) groups is 1. The monoisotopic (exact) mass is 446 g/mol. The van der Waals surface area contributed by atoms with Gasteiger partial charge >= 0.3 is 0 Å². The molecule has 1 aliphatic rings. The molecule has 30 heavy (non-hydrogen) atoms. The first-order valence-corrected chi connectivity index (χ1v) is 12.7. The third kappa shape index (κ3) is 4.91. The zero-order chi connectivity index (χ0) is 21.0. The molecule has 1 fully saturated rings. The van der Waals surface area contributed by atoms with Crippen LogP contribution in [0.1, 0.15) is 54.0 Å². The molecule has 3 aromatic rings. The summed E-state index contributed by atoms with van der Waals surface area (Å²) in [6, 6.07) is 9.20. The molecule has 2 aromatic heterocycles. The molecule has 9 heteroatoms. The molecule has 0 radical (unpaired) electrons. The molecule has 2 heterocycles. The van der Waals surface area contributed by atoms with Crippen LogP contribution in [-0.4, -0.2) is 36.9 Å². The van der Waals surface area contributed by atoms with Crippen LogP contribution in [0.3, 0.4) is 0 Å². The van der Waals surface area contributed by atoms with Gasteiger partial charge in [0.05, 0.1) is 11.0 Å². The van der Waals surface area contributed by atoms with E-state index in [1.54, 1.807) is 5.38 Å². The zero-order valence-corrected chi connectivity index (χ0v) is 18.3. The summed E-state index contributed by atoms with van der Waals surface area (Å²) >= 11 is 1.15. The molecule has 1 saturated carbocycles. The van der Waals surface area contributed by atoms with Gasteiger partial charge in [-0.3, -0.25) is 4.79 Å². The molecule has 0 bridgehead atoms. The summed E-state index contributed by atoms with van der Waals surface area (Å²) in [5.41, 5.74) is 1.84. The number of thiophene rings is 1. The van der Waals surface area contributed by atoms with E-state index in [4.69, 9.17) is 0 Å². The zero-order valence-electron chi connectivity index (χ0n) is 16.7. The van der Waals surface area contributed by atoms with Gasteiger partial charge in [0.2, 0.25) is 10.0 Å². The summed E-state index contributed by atoms with van der Waals surface area (Å²) in [5, 5.41) is 4.47. The van der Waals surface area contributed by atoms with Gasteiger partial charge in [-0.05, 0) is 36.4 Å². The molecule has 0 unspecified atom stereocenters. The molecule has 3 N–H and O–H groups in total. The van der Waals surface area contributed by atoms with Crippen molar-refractivity contribution in [2.24, 2.45) is 0 Å². The van der Waals surface area contributed by atoms with Crippen LogP contribution in [-0.2, 0) is 16.4 Å². The summed E-state index contributed by atoms with van der Waals surface area (Å²) in [6.07, 6.45) is 6.60. The lowest BCUT2D eigenvalue weighted by Crippen LogP contribution is -2.35. The molecule has 1 amide bonds. The van der Waals surface area contributed by atoms with Crippen LogP contribution in [0.2, 0.25) is 0 Å². The number of H-pyrrole nitrogens is 1. The predicted octanol–water partition coefficient (Wildman–Crippen LogP) is 3.60. The highest BCUT2D eigenvalue weighted by atomic mass is 32.2. The third-order valence-corrected chi connectivity index (χ3v) is 7.99. The standard InChI is InChI=1S/C21H26N4O3S2/c26-21(22-13-11-19-23-16-9-5-6-10-17(16)24-19)20-18(12-14-29-20)30(27,28)25-15-7-3-1-2-4-8-15/h5-6,9-10,12,14-15,25H,1-4,7-8,11,13H2,(H,22,26)(H,23,24). The van der Waals surface area contributed by atoms with Crippen molar-refractivity contribution in [3.8, 4) is 0 Å². The lowest BCUT2D eigenvalue weighted by atomic mass is 10.1. The number of amides is 1. The maximum Gasteiger partial charge on any atom is 0.262 e. The van der Waals surface area contributed by atoms with E-state index >= 15 is 0 Å². The van der Waals surface area contributed by atoms with E-state index in [9.17, 15) is 13.2 Å². The van der Waals surface area contributed by atoms with Gasteiger partial charge in [0.25, 0.3) is 5.91 Å². The highest BCUT2D eigenvalue weighted by molar-refractivity contribution is 7.89. The van der Waals surface area contributed by atoms with Crippen LogP contribution in [0, 0.1) is 0 Å². The number of hydrogen-bond acceptors (Lipinski definition) is 5. The molecule has 7 nitrogen and oxygen atoms in total. The Morgan fingerprint density at radius 2 is 1.90 bits per heavy atom. The molecule has 160 valence electrons. The van der Waals surface area contributed by atoms with Crippen LogP contribution in [0.25, 0.3) is 11.0 Å². The van der Waals surface area contributed by atoms with Gasteiger partial charge in [0.15, 0.2) is 0 Å². The molecule has 0 spiro atoms. The van der Waals surface area contributed by atoms with Crippen molar-refractivity contribution in [1.29, 1.82) is 0 Å². The summed E-state index contributed by atoms with van der Waals surface area (Å²) in [4.78, 5) is 20.7. The molecule has 0 saturated heterocycles. The van der Waals surface area contributed by atoms with Crippen LogP contribution in [0.5, 0.6) is 0 Å². The Hall–Kier alpha value is -2.23. The van der Waals surface area contributed by atoms with E-state index in [1.165, 1.54) is 6.07 Å². The number of para-hydroxylation sites is 2. The minimum Gasteiger partial charge on any atom is -0.351 e. The predicted molar refractivity (Wildman–Crippen MR) is 118 cm³/mol. The average Bonchev–Trinajstić information content (AvgIpc) is 3.30. The van der Waals surface area contributed by atoms with Gasteiger partial charge in [-0.15, -0.1) is 11.3 Å². The number of imidazole rings is 1. The lowest BCUT2D eigenvalue weighted by Gasteiger charge is -2.16. The number of rotatable bonds is 7. The average molecular weight is 447 g/mol. The number of hydrogen-bond donors (Lipinski definition) is 3. The second kappa shape index (κ2) is 9.28. The number of carbonyl (C=O) groups excluding carboxylic acids is 1. The molecule has 1 aromatic carbocycles. The van der Waals surface area contributed by atoms with Crippen LogP contribution < -0.4 is 10.0 Å². The summed E-state index contributed by atoms with van der Waals surface area (Å²) in [7, 11) is -3.72. The van der Waals surface area contributed by atoms with E-state index in [-0.39, 0.29) is 21.7 Å². The molecule has 4 rings (SSSR count). The van der Waals surface area contributed by atoms with E-state index in [2.05, 4.69) is 20.0 Å². The molecule has 1 aliphatic carbocycles. The van der Waals surface area contributed by atoms with Gasteiger partial charge in [0.1, 0.15) is 15.6 Å². The number of aromatic nitrogens is 2. The highest BCUT2D eigenvalue weighted by Gasteiger charge is 2.27. The molecule has 0 atom stereocenters. The quantitative estimate of drug-likeness (QED) is 0.482. The Labute approximate surface area is 180 Å². The fourth-order valence-corrected chi connectivity index (χ4v) is 6.50. The molecular weight excluding hydrogens is 420 g/mol. The topological polar surface area (TPSA) is 104 Å². The first kappa shape index (κ1) is 21.0. The number of sulfonamides is 1. The smallest absolute Gasteiger partial charge is 0.262 e. The van der Waals surface area contributed by atoms with Crippen molar-refractivity contribution in [2.75, 3.05) is 6.54 Å². The van der Waals surface area contributed by atoms with Crippen molar-refractivity contribution in [3.63, 3.8) is 0 Å². The van der Waals surface area contributed by atoms with Crippen LogP contribution >= 0.6 is 11.3 Å². The van der Waals surface area contributed by atoms with E-state index < -0.39 is 10.0 Å². The second-order valence-electron chi connectivity index (χ2n) is 7.63. The van der Waals surface area contributed by atoms with Crippen LogP contribution in [0.4, 0.5) is 0 Å². The fraction of sp³-hybridized carbons (Fsp3) is 0.429. The Morgan fingerprint density at radius 1 is 1.13 bits per heavy atom. The molecular formula is C21H26N4O3S2. The SMILES string of the molecule is O=C(NCCc1nc2ccccc2[nH]1)c1sccc1S(=O)(=O)NC1CCCCCC1. The minimum atomic E-state index is -3.72. The summed E-state index contributed by atoms with van der Waals surface area (Å²) < 4.78 is 28.6. The van der Waals surface area contributed by atoms with E-state index in [1.807, 2.05) is 24.3 Å². The van der Waals surface area contributed by atoms with Gasteiger partial charge in [-0.2, -0.15) is 0 Å². The Balaban J connectivity index is 1.38. The second-order valence-corrected chi connectivity index (χ2v) is 10.2. The first-order chi connectivity index (χ1) is 14.5. The largest absolute Gasteiger partial charge is 0.351 e. The third-order valence-electron chi connectivity index (χ3n) is 5.39. The minimum absolute atomic E-state index is 0.0543. The van der Waals surface area contributed by atoms with Crippen molar-refractivity contribution < 1.29 is 13.2 Å². The van der Waals surface area contributed by atoms with Gasteiger partial charge < -0.3 is 10.3 Å². The maximum absolute atomic E-state index is 12.9. The van der Waals surface area contributed by atoms with E-state index in [0.717, 1.165) is 66.7 Å². The van der Waals surface area contributed by atoms with Crippen molar-refractivity contribution in [2.45, 2.75) is 55.9 Å². The Bertz CT molecular complexity index is 1080. The summed E-state index contributed by atoms with van der Waals surface area (Å²) in [6.45, 7) is 0.367. The van der Waals surface area contributed by atoms with Gasteiger partial charge in [-0.1, -0.05) is 37.8 Å². The van der Waals surface area contributed by atoms with Crippen molar-refractivity contribution >= 4 is 38.3 Å². The normalized spacial score (nSPS) is 15.9. The molecule has 0 aliphatic heterocycles. The number of aromatic amines is 1. The summed E-state index contributed by atoms with van der Waals surface area (Å²) in [5.74, 6) is 0.410. The number of nitrogens with zero attached hydrogens (tertiary/aromatic N) is 1. The van der Waals surface area contributed by atoms with Gasteiger partial charge in [-0.25, -0.2) is 18.1 Å². The Morgan fingerprint density at radius 3 is 2.67 bits per heavy atom. The lowest BCUT2D eigenvalue weighted by molar-refractivity contribution is 0.0955. The first-order valence-electron chi connectivity index (χ1n) is 10.3. The Kier molecular flexibility index (Phi) is 6.50. The fourth-order valence-electron chi connectivity index (χ4n) is 3.85. The maximum atomic E-state index is 12.9. The number of benzene rings is 1.